The lowest BCUT2D eigenvalue weighted by Crippen LogP contribution is -2.12. The molecule has 1 N–H and O–H groups in total. The molecule has 0 bridgehead atoms. The Balaban J connectivity index is 1.86. The molecule has 6 heteroatoms. The molecule has 0 aliphatic rings. The molecule has 0 radical (unpaired) electrons. The first-order valence-electron chi connectivity index (χ1n) is 6.84. The Morgan fingerprint density at radius 2 is 1.91 bits per heavy atom. The molecule has 116 valence electrons. The van der Waals surface area contributed by atoms with Crippen LogP contribution in [-0.2, 0) is 0 Å². The van der Waals surface area contributed by atoms with Crippen molar-refractivity contribution in [3.8, 4) is 16.9 Å². The Labute approximate surface area is 137 Å². The minimum Gasteiger partial charge on any atom is -0.497 e. The predicted molar refractivity (Wildman–Crippen MR) is 87.9 cm³/mol. The van der Waals surface area contributed by atoms with Crippen LogP contribution in [0.1, 0.15) is 10.4 Å². The van der Waals surface area contributed by atoms with Crippen molar-refractivity contribution >= 4 is 23.4 Å². The van der Waals surface area contributed by atoms with E-state index in [0.717, 1.165) is 11.3 Å². The molecule has 0 atom stereocenters. The van der Waals surface area contributed by atoms with E-state index in [1.165, 1.54) is 0 Å². The van der Waals surface area contributed by atoms with E-state index in [9.17, 15) is 4.79 Å². The maximum absolute atomic E-state index is 12.3. The summed E-state index contributed by atoms with van der Waals surface area (Å²) >= 11 is 6.03. The van der Waals surface area contributed by atoms with Gasteiger partial charge in [0.2, 0.25) is 5.88 Å². The summed E-state index contributed by atoms with van der Waals surface area (Å²) in [7, 11) is 1.60. The van der Waals surface area contributed by atoms with Crippen LogP contribution in [0, 0.1) is 0 Å². The molecule has 0 saturated heterocycles. The number of benzene rings is 2. The number of anilines is 1. The van der Waals surface area contributed by atoms with Crippen LogP contribution in [0.4, 0.5) is 5.88 Å². The number of carbonyl (C=O) groups excluding carboxylic acids is 1. The molecule has 1 amide bonds. The molecule has 23 heavy (non-hydrogen) atoms. The summed E-state index contributed by atoms with van der Waals surface area (Å²) < 4.78 is 10.3. The molecule has 5 nitrogen and oxygen atoms in total. The molecule has 1 aromatic heterocycles. The van der Waals surface area contributed by atoms with E-state index in [0.29, 0.717) is 16.1 Å². The van der Waals surface area contributed by atoms with Gasteiger partial charge in [-0.2, -0.15) is 0 Å². The zero-order valence-corrected chi connectivity index (χ0v) is 13.0. The molecule has 0 spiro atoms. The Morgan fingerprint density at radius 1 is 1.17 bits per heavy atom. The zero-order chi connectivity index (χ0) is 16.2. The van der Waals surface area contributed by atoms with Crippen LogP contribution in [0.3, 0.4) is 0 Å². The van der Waals surface area contributed by atoms with Gasteiger partial charge in [0, 0.05) is 0 Å². The lowest BCUT2D eigenvalue weighted by molar-refractivity contribution is 0.102. The van der Waals surface area contributed by atoms with Crippen molar-refractivity contribution in [1.29, 1.82) is 0 Å². The number of methoxy groups -OCH3 is 1. The number of amides is 1. The standard InChI is InChI=1S/C17H13ClN2O3/c1-22-12-8-6-11(7-9-12)14-10-19-23-17(14)20-16(21)13-4-2-3-5-15(13)18/h2-10H,1H3,(H,20,21). The highest BCUT2D eigenvalue weighted by Gasteiger charge is 2.16. The quantitative estimate of drug-likeness (QED) is 0.777. The average molecular weight is 329 g/mol. The number of rotatable bonds is 4. The second kappa shape index (κ2) is 6.54. The number of hydrogen-bond donors (Lipinski definition) is 1. The summed E-state index contributed by atoms with van der Waals surface area (Å²) in [4.78, 5) is 12.3. The normalized spacial score (nSPS) is 10.3. The Kier molecular flexibility index (Phi) is 4.30. The minimum atomic E-state index is -0.359. The van der Waals surface area contributed by atoms with Crippen molar-refractivity contribution in [2.75, 3.05) is 12.4 Å². The molecule has 3 aromatic rings. The van der Waals surface area contributed by atoms with Gasteiger partial charge in [-0.25, -0.2) is 0 Å². The van der Waals surface area contributed by atoms with Crippen molar-refractivity contribution in [2.45, 2.75) is 0 Å². The summed E-state index contributed by atoms with van der Waals surface area (Å²) in [5.41, 5.74) is 1.89. The van der Waals surface area contributed by atoms with Crippen LogP contribution in [0.2, 0.25) is 5.02 Å². The van der Waals surface area contributed by atoms with Gasteiger partial charge in [0.15, 0.2) is 0 Å². The van der Waals surface area contributed by atoms with Crippen LogP contribution in [-0.4, -0.2) is 18.2 Å². The molecule has 0 aliphatic heterocycles. The fourth-order valence-electron chi connectivity index (χ4n) is 2.12. The topological polar surface area (TPSA) is 64.4 Å². The highest BCUT2D eigenvalue weighted by atomic mass is 35.5. The van der Waals surface area contributed by atoms with E-state index in [4.69, 9.17) is 20.9 Å². The van der Waals surface area contributed by atoms with Crippen LogP contribution in [0.15, 0.2) is 59.3 Å². The molecular formula is C17H13ClN2O3. The fourth-order valence-corrected chi connectivity index (χ4v) is 2.34. The fraction of sp³-hybridized carbons (Fsp3) is 0.0588. The highest BCUT2D eigenvalue weighted by Crippen LogP contribution is 2.30. The van der Waals surface area contributed by atoms with E-state index < -0.39 is 0 Å². The summed E-state index contributed by atoms with van der Waals surface area (Å²) in [6.07, 6.45) is 1.55. The van der Waals surface area contributed by atoms with E-state index in [2.05, 4.69) is 10.5 Å². The van der Waals surface area contributed by atoms with E-state index >= 15 is 0 Å². The summed E-state index contributed by atoms with van der Waals surface area (Å²) in [6, 6.07) is 14.2. The predicted octanol–water partition coefficient (Wildman–Crippen LogP) is 4.26. The van der Waals surface area contributed by atoms with Gasteiger partial charge in [0.1, 0.15) is 5.75 Å². The summed E-state index contributed by atoms with van der Waals surface area (Å²) in [5, 5.41) is 6.82. The molecule has 0 fully saturated rings. The first-order chi connectivity index (χ1) is 11.2. The zero-order valence-electron chi connectivity index (χ0n) is 12.2. The van der Waals surface area contributed by atoms with Crippen molar-refractivity contribution in [3.05, 3.63) is 65.3 Å². The molecule has 0 saturated carbocycles. The average Bonchev–Trinajstić information content (AvgIpc) is 3.03. The monoisotopic (exact) mass is 328 g/mol. The van der Waals surface area contributed by atoms with Crippen molar-refractivity contribution < 1.29 is 14.1 Å². The SMILES string of the molecule is COc1ccc(-c2cnoc2NC(=O)c2ccccc2Cl)cc1. The van der Waals surface area contributed by atoms with Gasteiger partial charge in [-0.3, -0.25) is 10.1 Å². The van der Waals surface area contributed by atoms with Gasteiger partial charge in [0.25, 0.3) is 5.91 Å². The number of hydrogen-bond acceptors (Lipinski definition) is 4. The molecule has 3 rings (SSSR count). The number of aromatic nitrogens is 1. The Morgan fingerprint density at radius 3 is 2.61 bits per heavy atom. The third-order valence-corrected chi connectivity index (χ3v) is 3.65. The molecule has 2 aromatic carbocycles. The molecule has 1 heterocycles. The second-order valence-electron chi connectivity index (χ2n) is 4.73. The molecular weight excluding hydrogens is 316 g/mol. The first-order valence-corrected chi connectivity index (χ1v) is 7.22. The Bertz CT molecular complexity index is 828. The van der Waals surface area contributed by atoms with Crippen molar-refractivity contribution in [2.24, 2.45) is 0 Å². The largest absolute Gasteiger partial charge is 0.497 e. The molecule has 0 unspecified atom stereocenters. The van der Waals surface area contributed by atoms with E-state index in [1.54, 1.807) is 37.6 Å². The van der Waals surface area contributed by atoms with Gasteiger partial charge in [0.05, 0.1) is 29.5 Å². The van der Waals surface area contributed by atoms with Crippen molar-refractivity contribution in [3.63, 3.8) is 0 Å². The lowest BCUT2D eigenvalue weighted by Gasteiger charge is -2.06. The second-order valence-corrected chi connectivity index (χ2v) is 5.14. The van der Waals surface area contributed by atoms with Crippen molar-refractivity contribution in [1.82, 2.24) is 5.16 Å². The summed E-state index contributed by atoms with van der Waals surface area (Å²) in [5.74, 6) is 0.647. The third-order valence-electron chi connectivity index (χ3n) is 3.32. The maximum atomic E-state index is 12.3. The van der Waals surface area contributed by atoms with Gasteiger partial charge >= 0.3 is 0 Å². The van der Waals surface area contributed by atoms with Crippen LogP contribution >= 0.6 is 11.6 Å². The number of ether oxygens (including phenoxy) is 1. The number of carbonyl (C=O) groups is 1. The van der Waals surface area contributed by atoms with Crippen LogP contribution in [0.5, 0.6) is 5.75 Å². The van der Waals surface area contributed by atoms with Gasteiger partial charge < -0.3 is 9.26 Å². The van der Waals surface area contributed by atoms with Gasteiger partial charge in [-0.15, -0.1) is 0 Å². The highest BCUT2D eigenvalue weighted by molar-refractivity contribution is 6.34. The van der Waals surface area contributed by atoms with E-state index in [1.807, 2.05) is 24.3 Å². The number of halogens is 1. The van der Waals surface area contributed by atoms with Gasteiger partial charge in [-0.05, 0) is 29.8 Å². The maximum Gasteiger partial charge on any atom is 0.259 e. The van der Waals surface area contributed by atoms with Crippen LogP contribution in [0.25, 0.3) is 11.1 Å². The Hall–Kier alpha value is -2.79. The smallest absolute Gasteiger partial charge is 0.259 e. The first kappa shape index (κ1) is 15.1. The minimum absolute atomic E-state index is 0.264. The van der Waals surface area contributed by atoms with Gasteiger partial charge in [-0.1, -0.05) is 41.0 Å². The van der Waals surface area contributed by atoms with E-state index in [-0.39, 0.29) is 11.8 Å². The number of nitrogens with zero attached hydrogens (tertiary/aromatic N) is 1. The third kappa shape index (κ3) is 3.19. The lowest BCUT2D eigenvalue weighted by atomic mass is 10.1. The number of nitrogens with one attached hydrogen (secondary N) is 1. The van der Waals surface area contributed by atoms with Crippen LogP contribution < -0.4 is 10.1 Å². The molecule has 0 aliphatic carbocycles. The summed E-state index contributed by atoms with van der Waals surface area (Å²) in [6.45, 7) is 0.